The zero-order valence-corrected chi connectivity index (χ0v) is 13.8. The fourth-order valence-corrected chi connectivity index (χ4v) is 3.84. The van der Waals surface area contributed by atoms with E-state index in [9.17, 15) is 9.59 Å². The second-order valence-corrected chi connectivity index (χ2v) is 6.51. The lowest BCUT2D eigenvalue weighted by Crippen LogP contribution is -2.37. The van der Waals surface area contributed by atoms with Crippen molar-refractivity contribution in [3.8, 4) is 0 Å². The molecule has 1 aromatic carbocycles. The maximum atomic E-state index is 13.1. The summed E-state index contributed by atoms with van der Waals surface area (Å²) in [7, 11) is 0. The number of anilines is 1. The van der Waals surface area contributed by atoms with Crippen LogP contribution in [-0.2, 0) is 9.59 Å². The first-order valence-corrected chi connectivity index (χ1v) is 8.28. The predicted octanol–water partition coefficient (Wildman–Crippen LogP) is 3.47. The molecule has 4 nitrogen and oxygen atoms in total. The quantitative estimate of drug-likeness (QED) is 0.622. The molecule has 5 heteroatoms. The molecule has 2 atom stereocenters. The first kappa shape index (κ1) is 15.1. The second-order valence-electron chi connectivity index (χ2n) is 6.24. The average molecular weight is 339 g/mol. The average Bonchev–Trinajstić information content (AvgIpc) is 2.82. The number of hydrogen-bond donors (Lipinski definition) is 0. The molecule has 120 valence electrons. The number of benzene rings is 1. The Kier molecular flexibility index (Phi) is 3.32. The van der Waals surface area contributed by atoms with E-state index in [4.69, 9.17) is 11.6 Å². The van der Waals surface area contributed by atoms with Gasteiger partial charge in [0.25, 0.3) is 0 Å². The van der Waals surface area contributed by atoms with E-state index >= 15 is 0 Å². The number of aromatic nitrogens is 1. The van der Waals surface area contributed by atoms with Crippen LogP contribution < -0.4 is 4.90 Å². The molecule has 1 aliphatic carbocycles. The fourth-order valence-electron chi connectivity index (χ4n) is 3.48. The normalized spacial score (nSPS) is 26.0. The lowest BCUT2D eigenvalue weighted by Gasteiger charge is -2.27. The van der Waals surface area contributed by atoms with Gasteiger partial charge >= 0.3 is 0 Å². The Balaban J connectivity index is 1.85. The summed E-state index contributed by atoms with van der Waals surface area (Å²) in [5.41, 5.74) is 0.666. The number of pyridine rings is 1. The third kappa shape index (κ3) is 1.96. The predicted molar refractivity (Wildman–Crippen MR) is 93.8 cm³/mol. The molecule has 2 unspecified atom stereocenters. The first-order valence-electron chi connectivity index (χ1n) is 7.75. The van der Waals surface area contributed by atoms with E-state index in [2.05, 4.69) is 4.98 Å². The highest BCUT2D eigenvalue weighted by molar-refractivity contribution is 6.29. The highest BCUT2D eigenvalue weighted by Gasteiger charge is 2.58. The van der Waals surface area contributed by atoms with Crippen LogP contribution in [-0.4, -0.2) is 22.7 Å². The second kappa shape index (κ2) is 5.28. The van der Waals surface area contributed by atoms with Gasteiger partial charge in [0.1, 0.15) is 5.82 Å². The Bertz CT molecular complexity index is 934. The van der Waals surface area contributed by atoms with Gasteiger partial charge in [0.15, 0.2) is 0 Å². The minimum absolute atomic E-state index is 0.0635. The zero-order valence-electron chi connectivity index (χ0n) is 13.1. The van der Waals surface area contributed by atoms with Gasteiger partial charge in [0.05, 0.1) is 16.8 Å². The van der Waals surface area contributed by atoms with Gasteiger partial charge in [-0.15, -0.1) is 11.6 Å². The monoisotopic (exact) mass is 338 g/mol. The van der Waals surface area contributed by atoms with Gasteiger partial charge in [-0.25, -0.2) is 9.88 Å². The molecule has 0 saturated carbocycles. The fraction of sp³-hybridized carbons (Fsp3) is 0.211. The van der Waals surface area contributed by atoms with E-state index in [1.54, 1.807) is 12.1 Å². The summed E-state index contributed by atoms with van der Waals surface area (Å²) in [6.45, 7) is 1.90. The van der Waals surface area contributed by atoms with Crippen LogP contribution in [0.2, 0.25) is 0 Å². The van der Waals surface area contributed by atoms with Crippen LogP contribution in [0.15, 0.2) is 60.2 Å². The van der Waals surface area contributed by atoms with E-state index in [0.717, 1.165) is 16.5 Å². The van der Waals surface area contributed by atoms with Crippen molar-refractivity contribution in [2.45, 2.75) is 6.92 Å². The maximum absolute atomic E-state index is 13.1. The lowest BCUT2D eigenvalue weighted by molar-refractivity contribution is -0.123. The van der Waals surface area contributed by atoms with Gasteiger partial charge in [-0.3, -0.25) is 9.59 Å². The van der Waals surface area contributed by atoms with Crippen LogP contribution >= 0.6 is 11.6 Å². The molecule has 2 aliphatic rings. The van der Waals surface area contributed by atoms with Crippen LogP contribution in [0.5, 0.6) is 0 Å². The minimum Gasteiger partial charge on any atom is -0.273 e. The molecule has 4 rings (SSSR count). The van der Waals surface area contributed by atoms with E-state index in [1.807, 2.05) is 49.4 Å². The number of fused-ring (bicyclic) bond motifs is 2. The topological polar surface area (TPSA) is 50.3 Å². The molecule has 2 heterocycles. The van der Waals surface area contributed by atoms with E-state index in [1.165, 1.54) is 4.90 Å². The Morgan fingerprint density at radius 2 is 2.00 bits per heavy atom. The van der Waals surface area contributed by atoms with Crippen molar-refractivity contribution in [1.82, 2.24) is 4.98 Å². The highest BCUT2D eigenvalue weighted by atomic mass is 35.5. The van der Waals surface area contributed by atoms with Gasteiger partial charge in [-0.05, 0) is 25.1 Å². The first-order chi connectivity index (χ1) is 11.6. The van der Waals surface area contributed by atoms with Crippen molar-refractivity contribution < 1.29 is 9.59 Å². The summed E-state index contributed by atoms with van der Waals surface area (Å²) in [6.07, 6.45) is 5.45. The number of alkyl halides is 1. The summed E-state index contributed by atoms with van der Waals surface area (Å²) >= 11 is 6.15. The molecule has 2 aromatic rings. The molecule has 1 fully saturated rings. The van der Waals surface area contributed by atoms with Crippen LogP contribution in [0, 0.1) is 11.3 Å². The van der Waals surface area contributed by atoms with E-state index < -0.39 is 11.3 Å². The van der Waals surface area contributed by atoms with Crippen molar-refractivity contribution in [2.24, 2.45) is 11.3 Å². The van der Waals surface area contributed by atoms with Crippen LogP contribution in [0.3, 0.4) is 0 Å². The summed E-state index contributed by atoms with van der Waals surface area (Å²) < 4.78 is 0. The van der Waals surface area contributed by atoms with Crippen LogP contribution in [0.25, 0.3) is 10.9 Å². The number of halogens is 1. The van der Waals surface area contributed by atoms with Crippen molar-refractivity contribution >= 4 is 40.1 Å². The third-order valence-electron chi connectivity index (χ3n) is 4.71. The molecular formula is C19H15ClN2O2. The Morgan fingerprint density at radius 1 is 1.21 bits per heavy atom. The smallest absolute Gasteiger partial charge is 0.247 e. The number of carbonyl (C=O) groups is 2. The molecular weight excluding hydrogens is 324 g/mol. The largest absolute Gasteiger partial charge is 0.273 e. The number of hydrogen-bond acceptors (Lipinski definition) is 3. The molecule has 24 heavy (non-hydrogen) atoms. The van der Waals surface area contributed by atoms with Gasteiger partial charge in [0.2, 0.25) is 11.8 Å². The molecule has 0 N–H and O–H groups in total. The Hall–Kier alpha value is -2.46. The number of amides is 2. The summed E-state index contributed by atoms with van der Waals surface area (Å²) in [5, 5.41) is 0.959. The number of para-hydroxylation sites is 1. The van der Waals surface area contributed by atoms with Crippen molar-refractivity contribution in [3.05, 3.63) is 60.2 Å². The Labute approximate surface area is 144 Å². The van der Waals surface area contributed by atoms with Gasteiger partial charge in [-0.1, -0.05) is 42.0 Å². The number of rotatable bonds is 2. The minimum atomic E-state index is -1.01. The molecule has 0 spiro atoms. The maximum Gasteiger partial charge on any atom is 0.247 e. The number of imide groups is 1. The Morgan fingerprint density at radius 3 is 2.79 bits per heavy atom. The number of nitrogens with zero attached hydrogens (tertiary/aromatic N) is 2. The standard InChI is InChI=1S/C19H15ClN2O2/c1-12-6-8-14-17(23)22(18(24)19(14,10-12)11-20)16-9-7-13-4-2-3-5-15(13)21-16/h2-10,14H,11H2,1H3. The van der Waals surface area contributed by atoms with Gasteiger partial charge in [0, 0.05) is 11.3 Å². The zero-order chi connectivity index (χ0) is 16.9. The summed E-state index contributed by atoms with van der Waals surface area (Å²) in [5.74, 6) is -0.738. The molecule has 1 saturated heterocycles. The van der Waals surface area contributed by atoms with Crippen LogP contribution in [0.4, 0.5) is 5.82 Å². The van der Waals surface area contributed by atoms with Crippen molar-refractivity contribution in [1.29, 1.82) is 0 Å². The lowest BCUT2D eigenvalue weighted by atomic mass is 9.74. The molecule has 1 aromatic heterocycles. The number of allylic oxidation sites excluding steroid dienone is 2. The molecule has 0 bridgehead atoms. The SMILES string of the molecule is CC1=CC2(CCl)C(=O)N(c3ccc4ccccc4n3)C(=O)C2C=C1. The molecule has 0 radical (unpaired) electrons. The number of carbonyl (C=O) groups excluding carboxylic acids is 2. The van der Waals surface area contributed by atoms with Gasteiger partial charge < -0.3 is 0 Å². The molecule has 2 amide bonds. The van der Waals surface area contributed by atoms with Crippen molar-refractivity contribution in [2.75, 3.05) is 10.8 Å². The van der Waals surface area contributed by atoms with Crippen molar-refractivity contribution in [3.63, 3.8) is 0 Å². The third-order valence-corrected chi connectivity index (χ3v) is 5.16. The van der Waals surface area contributed by atoms with Crippen LogP contribution in [0.1, 0.15) is 6.92 Å². The van der Waals surface area contributed by atoms with E-state index in [0.29, 0.717) is 5.82 Å². The molecule has 1 aliphatic heterocycles. The summed E-state index contributed by atoms with van der Waals surface area (Å²) in [4.78, 5) is 31.6. The highest BCUT2D eigenvalue weighted by Crippen LogP contribution is 2.46. The summed E-state index contributed by atoms with van der Waals surface area (Å²) in [6, 6.07) is 11.2. The van der Waals surface area contributed by atoms with Gasteiger partial charge in [-0.2, -0.15) is 0 Å². The van der Waals surface area contributed by atoms with E-state index in [-0.39, 0.29) is 17.7 Å².